The number of nitrogens with one attached hydrogen (secondary N) is 9. The normalized spacial score (nSPS) is 12.0. The molecular weight excluding hydrogens is 1570 g/mol. The molecule has 0 unspecified atom stereocenters. The first-order valence-corrected chi connectivity index (χ1v) is 40.6. The summed E-state index contributed by atoms with van der Waals surface area (Å²) in [6, 6.07) is 49.7. The van der Waals surface area contributed by atoms with Crippen LogP contribution in [0.15, 0.2) is 200 Å². The smallest absolute Gasteiger partial charge is 0.248 e. The molecule has 4 heterocycles. The lowest BCUT2D eigenvalue weighted by atomic mass is 9.97. The Morgan fingerprint density at radius 1 is 0.388 bits per heavy atom. The highest BCUT2D eigenvalue weighted by molar-refractivity contribution is 7.89. The summed E-state index contributed by atoms with van der Waals surface area (Å²) in [7, 11) is 0.646. The molecule has 0 saturated carbocycles. The third kappa shape index (κ3) is 55.1. The summed E-state index contributed by atoms with van der Waals surface area (Å²) in [6.45, 7) is 27.4. The van der Waals surface area contributed by atoms with Gasteiger partial charge >= 0.3 is 0 Å². The first-order chi connectivity index (χ1) is 57.3. The number of likely N-dealkylation sites (tertiary alicyclic amines) is 1. The number of primary amides is 1. The zero-order chi connectivity index (χ0) is 90.1. The van der Waals surface area contributed by atoms with Gasteiger partial charge in [-0.1, -0.05) is 115 Å². The Labute approximate surface area is 710 Å². The van der Waals surface area contributed by atoms with Crippen molar-refractivity contribution in [2.45, 2.75) is 152 Å². The van der Waals surface area contributed by atoms with E-state index in [4.69, 9.17) is 10.9 Å². The predicted octanol–water partition coefficient (Wildman–Crippen LogP) is 7.74. The van der Waals surface area contributed by atoms with Crippen LogP contribution in [0.4, 0.5) is 8.78 Å². The Kier molecular flexibility index (Phi) is 52.1. The first-order valence-electron chi connectivity index (χ1n) is 39.0. The molecule has 654 valence electrons. The molecule has 2 aliphatic heterocycles. The lowest BCUT2D eigenvalue weighted by molar-refractivity contribution is -0.120. The number of likely N-dealkylation sites (N-methyl/N-ethyl adjacent to an activating group) is 1. The Hall–Kier alpha value is -12.4. The number of nitrogens with two attached hydrogens (primary N) is 2. The summed E-state index contributed by atoms with van der Waals surface area (Å²) in [5.74, 6) is -1.33. The molecule has 2 saturated heterocycles. The summed E-state index contributed by atoms with van der Waals surface area (Å²) in [4.78, 5) is 132. The SMILES string of the molecule is CC(=O)Cc1cccc(CNC(C)=O)c1.CC(=O)NCC1CCN(C)CC1.CC(=O)NCc1ccc(C(N)=O)cc1.CC(=O)NCc1ccc(CN2CCN(C)CC2)cc1.CC(=O)NCc1ccc(F)cc1F.CC(=O)NCc1cccc(S(N)(=O)=O)c1.CC(=O)NCc1ccccc1.CC(=O)NCc1cccnc1.CC(=O)NCc1ccncc1. The molecular formula is C89H120F2N16O13S. The number of hydrogen-bond acceptors (Lipinski definition) is 18. The van der Waals surface area contributed by atoms with Gasteiger partial charge in [0.1, 0.15) is 17.4 Å². The number of primary sulfonamides is 1. The minimum atomic E-state index is -3.68. The van der Waals surface area contributed by atoms with E-state index in [0.717, 1.165) is 90.3 Å². The van der Waals surface area contributed by atoms with E-state index in [1.807, 2.05) is 78.9 Å². The average Bonchev–Trinajstić information content (AvgIpc) is 0.834. The van der Waals surface area contributed by atoms with Gasteiger partial charge < -0.3 is 63.4 Å². The number of aromatic nitrogens is 2. The molecule has 0 atom stereocenters. The van der Waals surface area contributed by atoms with Gasteiger partial charge in [0.2, 0.25) is 69.1 Å². The summed E-state index contributed by atoms with van der Waals surface area (Å²) in [6.07, 6.45) is 9.74. The second kappa shape index (κ2) is 60.2. The molecule has 0 bridgehead atoms. The Bertz CT molecular complexity index is 4460. The number of amides is 10. The molecule has 8 aromatic rings. The number of pyridine rings is 2. The zero-order valence-corrected chi connectivity index (χ0v) is 72.2. The summed E-state index contributed by atoms with van der Waals surface area (Å²) in [5.41, 5.74) is 15.2. The minimum absolute atomic E-state index is 0.00820. The van der Waals surface area contributed by atoms with Crippen molar-refractivity contribution in [2.24, 2.45) is 16.8 Å². The summed E-state index contributed by atoms with van der Waals surface area (Å²) in [5, 5.41) is 29.1. The third-order valence-electron chi connectivity index (χ3n) is 17.1. The van der Waals surface area contributed by atoms with Crippen molar-refractivity contribution < 1.29 is 69.9 Å². The van der Waals surface area contributed by atoms with Crippen LogP contribution in [-0.2, 0) is 123 Å². The number of Topliss-reactive ketones (excluding diaryl/α,β-unsaturated/α-hetero) is 1. The highest BCUT2D eigenvalue weighted by Gasteiger charge is 2.17. The maximum absolute atomic E-state index is 12.9. The second-order valence-electron chi connectivity index (χ2n) is 28.2. The van der Waals surface area contributed by atoms with Gasteiger partial charge in [-0.25, -0.2) is 22.3 Å². The first kappa shape index (κ1) is 105. The maximum Gasteiger partial charge on any atom is 0.248 e. The van der Waals surface area contributed by atoms with E-state index in [1.165, 1.54) is 98.2 Å². The molecule has 32 heteroatoms. The van der Waals surface area contributed by atoms with Crippen LogP contribution in [0, 0.1) is 17.6 Å². The van der Waals surface area contributed by atoms with Crippen molar-refractivity contribution >= 4 is 74.9 Å². The van der Waals surface area contributed by atoms with Crippen molar-refractivity contribution in [1.82, 2.24) is 72.5 Å². The van der Waals surface area contributed by atoms with Crippen LogP contribution < -0.4 is 58.7 Å². The van der Waals surface area contributed by atoms with Crippen LogP contribution in [0.5, 0.6) is 0 Å². The quantitative estimate of drug-likeness (QED) is 0.0275. The number of halogens is 2. The maximum atomic E-state index is 12.9. The molecule has 10 rings (SSSR count). The van der Waals surface area contributed by atoms with Crippen LogP contribution in [0.1, 0.15) is 148 Å². The van der Waals surface area contributed by atoms with Gasteiger partial charge in [-0.3, -0.25) is 67.6 Å². The van der Waals surface area contributed by atoms with Gasteiger partial charge in [0.25, 0.3) is 0 Å². The molecule has 6 aromatic carbocycles. The molecule has 2 fully saturated rings. The topological polar surface area (TPSA) is 418 Å². The highest BCUT2D eigenvalue weighted by atomic mass is 32.2. The van der Waals surface area contributed by atoms with E-state index < -0.39 is 27.6 Å². The number of sulfonamides is 1. The van der Waals surface area contributed by atoms with E-state index in [2.05, 4.69) is 111 Å². The number of benzene rings is 6. The van der Waals surface area contributed by atoms with Gasteiger partial charge in [-0.15, -0.1) is 0 Å². The Balaban J connectivity index is 0.000000464. The fraction of sp³-hybridized carbons (Fsp3) is 0.360. The number of hydrogen-bond donors (Lipinski definition) is 11. The molecule has 10 amide bonds. The zero-order valence-electron chi connectivity index (χ0n) is 71.3. The number of rotatable bonds is 24. The summed E-state index contributed by atoms with van der Waals surface area (Å²) >= 11 is 0. The molecule has 2 aromatic heterocycles. The molecule has 13 N–H and O–H groups in total. The molecule has 121 heavy (non-hydrogen) atoms. The van der Waals surface area contributed by atoms with Gasteiger partial charge in [0.15, 0.2) is 0 Å². The van der Waals surface area contributed by atoms with Crippen LogP contribution in [0.3, 0.4) is 0 Å². The number of carbonyl (C=O) groups is 11. The van der Waals surface area contributed by atoms with Crippen LogP contribution in [0.25, 0.3) is 0 Å². The van der Waals surface area contributed by atoms with Crippen LogP contribution >= 0.6 is 0 Å². The Morgan fingerprint density at radius 2 is 0.777 bits per heavy atom. The molecule has 0 aliphatic carbocycles. The standard InChI is InChI=1S/C15H23N3O.C12H15NO2.C10H12N2O2.C9H9F2NO.C9H12N2O3S.C9H18N2O.C9H11NO.2C8H10N2O/c1-13(19)16-11-14-3-5-15(6-4-14)12-18-9-7-17(2)8-10-18;1-9(14)6-11-4-3-5-12(7-11)8-13-10(2)15;1-7(13)12-6-8-2-4-9(5-3-8)10(11)14;1-6(13)12-5-7-2-3-8(10)4-9(7)11;1-7(12)11-6-8-3-2-4-9(5-8)15(10,13)14;1-8(12)10-7-9-3-5-11(2)6-4-9;1-8(11)10-7-9-5-3-2-4-6-9;1-7(11)10-6-8-2-4-9-5-3-8;1-7(11)10-6-8-3-2-4-9-5-8/h3-6H,7-12H2,1-2H3,(H,16,19);3-5,7H,6,8H2,1-2H3,(H,13,15);2-5H,6H2,1H3,(H2,11,14)(H,12,13);2-4H,5H2,1H3,(H,12,13);2-5H,6H2,1H3,(H,11,12)(H2,10,13,14);9H,3-7H2,1-2H3,(H,10,12);2-6H,7H2,1H3,(H,10,11);2*2-5H,6H2,1H3,(H,10,11). The molecule has 0 radical (unpaired) electrons. The van der Waals surface area contributed by atoms with E-state index in [-0.39, 0.29) is 76.0 Å². The van der Waals surface area contributed by atoms with E-state index in [9.17, 15) is 69.9 Å². The van der Waals surface area contributed by atoms with Gasteiger partial charge in [0.05, 0.1) is 4.90 Å². The van der Waals surface area contributed by atoms with Crippen LogP contribution in [-0.4, -0.2) is 158 Å². The Morgan fingerprint density at radius 3 is 1.21 bits per heavy atom. The second-order valence-corrected chi connectivity index (χ2v) is 29.8. The average molecular weight is 1690 g/mol. The molecule has 29 nitrogen and oxygen atoms in total. The van der Waals surface area contributed by atoms with Crippen molar-refractivity contribution in [3.63, 3.8) is 0 Å². The molecule has 2 aliphatic rings. The lowest BCUT2D eigenvalue weighted by Gasteiger charge is -2.32. The number of piperazine rings is 1. The van der Waals surface area contributed by atoms with Gasteiger partial charge in [0, 0.05) is 202 Å². The van der Waals surface area contributed by atoms with Crippen molar-refractivity contribution in [3.05, 3.63) is 267 Å². The molecule has 0 spiro atoms. The lowest BCUT2D eigenvalue weighted by Crippen LogP contribution is -2.43. The fourth-order valence-electron chi connectivity index (χ4n) is 10.4. The summed E-state index contributed by atoms with van der Waals surface area (Å²) < 4.78 is 47.4. The van der Waals surface area contributed by atoms with E-state index in [1.54, 1.807) is 82.0 Å². The largest absolute Gasteiger partial charge is 0.366 e. The number of carbonyl (C=O) groups excluding carboxylic acids is 11. The van der Waals surface area contributed by atoms with Crippen molar-refractivity contribution in [3.8, 4) is 0 Å². The monoisotopic (exact) mass is 1690 g/mol. The number of piperidine rings is 1. The van der Waals surface area contributed by atoms with E-state index >= 15 is 0 Å². The number of nitrogens with zero attached hydrogens (tertiary/aromatic N) is 5. The van der Waals surface area contributed by atoms with Crippen molar-refractivity contribution in [1.29, 1.82) is 0 Å². The van der Waals surface area contributed by atoms with Crippen molar-refractivity contribution in [2.75, 3.05) is 59.9 Å². The number of ketones is 1. The fourth-order valence-corrected chi connectivity index (χ4v) is 11.0. The minimum Gasteiger partial charge on any atom is -0.366 e. The van der Waals surface area contributed by atoms with Gasteiger partial charge in [-0.05, 0) is 151 Å². The van der Waals surface area contributed by atoms with Crippen LogP contribution in [0.2, 0.25) is 0 Å². The third-order valence-corrected chi connectivity index (χ3v) is 18.0. The van der Waals surface area contributed by atoms with E-state index in [0.29, 0.717) is 69.3 Å². The highest BCUT2D eigenvalue weighted by Crippen LogP contribution is 2.16. The van der Waals surface area contributed by atoms with Gasteiger partial charge in [-0.2, -0.15) is 0 Å². The predicted molar refractivity (Wildman–Crippen MR) is 463 cm³/mol.